The summed E-state index contributed by atoms with van der Waals surface area (Å²) in [4.78, 5) is 20.1. The van der Waals surface area contributed by atoms with Gasteiger partial charge in [0.2, 0.25) is 0 Å². The first kappa shape index (κ1) is 19.2. The van der Waals surface area contributed by atoms with Gasteiger partial charge in [0.05, 0.1) is 0 Å². The van der Waals surface area contributed by atoms with E-state index in [1.54, 1.807) is 12.3 Å². The fourth-order valence-corrected chi connectivity index (χ4v) is 4.06. The second-order valence-corrected chi connectivity index (χ2v) is 7.60. The predicted octanol–water partition coefficient (Wildman–Crippen LogP) is 5.76. The lowest BCUT2D eigenvalue weighted by atomic mass is 9.97. The van der Waals surface area contributed by atoms with Crippen molar-refractivity contribution < 1.29 is 13.6 Å². The topological polar surface area (TPSA) is 57.8 Å². The van der Waals surface area contributed by atoms with Gasteiger partial charge < -0.3 is 10.3 Å². The Bertz CT molecular complexity index is 1260. The standard InChI is InChI=1S/C25H19F2N3O/c26-20-7-2-8-21(27)24(20)30-25(31)22-13-17-5-1-4-15-9-10-16(12-19(15)23(17)29-22)18-6-3-11-28-14-18/h2-3,6-14,29H,1,4-5H2,(H,30,31). The Morgan fingerprint density at radius 1 is 0.935 bits per heavy atom. The Labute approximate surface area is 178 Å². The SMILES string of the molecule is O=C(Nc1c(F)cccc1F)c1cc2c([nH]1)-c1cc(-c3cccnc3)ccc1CCC2. The zero-order valence-corrected chi connectivity index (χ0v) is 16.6. The fourth-order valence-electron chi connectivity index (χ4n) is 4.06. The van der Waals surface area contributed by atoms with Crippen LogP contribution in [0.25, 0.3) is 22.4 Å². The van der Waals surface area contributed by atoms with E-state index in [1.807, 2.05) is 18.3 Å². The molecule has 0 fully saturated rings. The minimum Gasteiger partial charge on any atom is -0.350 e. The molecule has 2 aromatic carbocycles. The van der Waals surface area contributed by atoms with Gasteiger partial charge in [0.25, 0.3) is 5.91 Å². The van der Waals surface area contributed by atoms with Gasteiger partial charge in [-0.15, -0.1) is 0 Å². The normalized spacial score (nSPS) is 12.6. The van der Waals surface area contributed by atoms with Gasteiger partial charge >= 0.3 is 0 Å². The number of nitrogens with one attached hydrogen (secondary N) is 2. The van der Waals surface area contributed by atoms with Crippen LogP contribution in [0.15, 0.2) is 67.0 Å². The Kier molecular flexibility index (Phi) is 4.82. The number of aromatic nitrogens is 2. The maximum absolute atomic E-state index is 13.9. The zero-order valence-electron chi connectivity index (χ0n) is 16.6. The maximum atomic E-state index is 13.9. The second-order valence-electron chi connectivity index (χ2n) is 7.60. The number of rotatable bonds is 3. The number of aromatic amines is 1. The van der Waals surface area contributed by atoms with Gasteiger partial charge in [-0.1, -0.05) is 24.3 Å². The van der Waals surface area contributed by atoms with Gasteiger partial charge in [-0.3, -0.25) is 9.78 Å². The number of benzene rings is 2. The van der Waals surface area contributed by atoms with Crippen LogP contribution in [-0.2, 0) is 12.8 Å². The van der Waals surface area contributed by atoms with Crippen LogP contribution < -0.4 is 5.32 Å². The lowest BCUT2D eigenvalue weighted by molar-refractivity contribution is 0.102. The summed E-state index contributed by atoms with van der Waals surface area (Å²) < 4.78 is 27.9. The summed E-state index contributed by atoms with van der Waals surface area (Å²) in [6, 6.07) is 15.4. The number of amides is 1. The number of H-pyrrole nitrogens is 1. The Morgan fingerprint density at radius 2 is 1.74 bits per heavy atom. The average Bonchev–Trinajstić information content (AvgIpc) is 3.14. The highest BCUT2D eigenvalue weighted by atomic mass is 19.1. The van der Waals surface area contributed by atoms with Crippen molar-refractivity contribution in [3.05, 3.63) is 95.4 Å². The smallest absolute Gasteiger partial charge is 0.272 e. The van der Waals surface area contributed by atoms with Gasteiger partial charge in [-0.05, 0) is 66.3 Å². The summed E-state index contributed by atoms with van der Waals surface area (Å²) in [5, 5.41) is 2.35. The highest BCUT2D eigenvalue weighted by Crippen LogP contribution is 2.35. The van der Waals surface area contributed by atoms with Crippen LogP contribution in [0.4, 0.5) is 14.5 Å². The molecule has 0 saturated heterocycles. The summed E-state index contributed by atoms with van der Waals surface area (Å²) in [6.45, 7) is 0. The van der Waals surface area contributed by atoms with Crippen LogP contribution in [-0.4, -0.2) is 15.9 Å². The molecule has 0 radical (unpaired) electrons. The van der Waals surface area contributed by atoms with Crippen molar-refractivity contribution in [2.24, 2.45) is 0 Å². The van der Waals surface area contributed by atoms with Crippen LogP contribution in [0.5, 0.6) is 0 Å². The lowest BCUT2D eigenvalue weighted by Crippen LogP contribution is -2.14. The number of carbonyl (C=O) groups excluding carboxylic acids is 1. The number of anilines is 1. The van der Waals surface area contributed by atoms with E-state index in [2.05, 4.69) is 33.5 Å². The summed E-state index contributed by atoms with van der Waals surface area (Å²) >= 11 is 0. The average molecular weight is 415 g/mol. The molecule has 154 valence electrons. The van der Waals surface area contributed by atoms with E-state index >= 15 is 0 Å². The van der Waals surface area contributed by atoms with Gasteiger partial charge in [0.15, 0.2) is 0 Å². The van der Waals surface area contributed by atoms with Gasteiger partial charge in [0, 0.05) is 29.2 Å². The highest BCUT2D eigenvalue weighted by molar-refractivity contribution is 6.04. The van der Waals surface area contributed by atoms with Gasteiger partial charge in [-0.2, -0.15) is 0 Å². The fraction of sp³-hybridized carbons (Fsp3) is 0.120. The predicted molar refractivity (Wildman–Crippen MR) is 116 cm³/mol. The van der Waals surface area contributed by atoms with Crippen LogP contribution in [0.3, 0.4) is 0 Å². The first-order valence-electron chi connectivity index (χ1n) is 10.1. The third-order valence-electron chi connectivity index (χ3n) is 5.61. The summed E-state index contributed by atoms with van der Waals surface area (Å²) in [5.41, 5.74) is 5.98. The highest BCUT2D eigenvalue weighted by Gasteiger charge is 2.21. The summed E-state index contributed by atoms with van der Waals surface area (Å²) in [7, 11) is 0. The number of aryl methyl sites for hydroxylation is 2. The molecular formula is C25H19F2N3O. The van der Waals surface area contributed by atoms with Crippen molar-refractivity contribution >= 4 is 11.6 Å². The number of carbonyl (C=O) groups is 1. The van der Waals surface area contributed by atoms with Crippen molar-refractivity contribution in [3.63, 3.8) is 0 Å². The van der Waals surface area contributed by atoms with Crippen molar-refractivity contribution in [3.8, 4) is 22.4 Å². The zero-order chi connectivity index (χ0) is 21.4. The third-order valence-corrected chi connectivity index (χ3v) is 5.61. The van der Waals surface area contributed by atoms with E-state index in [9.17, 15) is 13.6 Å². The molecule has 0 atom stereocenters. The summed E-state index contributed by atoms with van der Waals surface area (Å²) in [6.07, 6.45) is 6.25. The molecular weight excluding hydrogens is 396 g/mol. The second kappa shape index (κ2) is 7.80. The molecule has 6 heteroatoms. The van der Waals surface area contributed by atoms with Crippen molar-refractivity contribution in [1.29, 1.82) is 0 Å². The maximum Gasteiger partial charge on any atom is 0.272 e. The minimum absolute atomic E-state index is 0.271. The molecule has 2 heterocycles. The molecule has 0 spiro atoms. The van der Waals surface area contributed by atoms with Crippen LogP contribution in [0.2, 0.25) is 0 Å². The van der Waals surface area contributed by atoms with E-state index < -0.39 is 23.2 Å². The Morgan fingerprint density at radius 3 is 2.52 bits per heavy atom. The van der Waals surface area contributed by atoms with E-state index in [0.717, 1.165) is 59.3 Å². The molecule has 1 amide bonds. The largest absolute Gasteiger partial charge is 0.350 e. The Balaban J connectivity index is 1.53. The first-order chi connectivity index (χ1) is 15.1. The van der Waals surface area contributed by atoms with Crippen LogP contribution in [0.1, 0.15) is 28.0 Å². The minimum atomic E-state index is -0.812. The molecule has 0 saturated carbocycles. The molecule has 4 aromatic rings. The third kappa shape index (κ3) is 3.61. The monoisotopic (exact) mass is 415 g/mol. The number of para-hydroxylation sites is 1. The first-order valence-corrected chi connectivity index (χ1v) is 10.1. The number of fused-ring (bicyclic) bond motifs is 3. The number of halogens is 2. The molecule has 2 aromatic heterocycles. The van der Waals surface area contributed by atoms with E-state index in [1.165, 1.54) is 11.6 Å². The van der Waals surface area contributed by atoms with E-state index in [-0.39, 0.29) is 5.69 Å². The number of hydrogen-bond donors (Lipinski definition) is 2. The molecule has 1 aliphatic rings. The molecule has 5 rings (SSSR count). The van der Waals surface area contributed by atoms with Crippen LogP contribution in [0, 0.1) is 11.6 Å². The van der Waals surface area contributed by atoms with E-state index in [0.29, 0.717) is 0 Å². The van der Waals surface area contributed by atoms with E-state index in [4.69, 9.17) is 0 Å². The van der Waals surface area contributed by atoms with Crippen molar-refractivity contribution in [1.82, 2.24) is 9.97 Å². The number of pyridine rings is 1. The van der Waals surface area contributed by atoms with Gasteiger partial charge in [-0.25, -0.2) is 8.78 Å². The molecule has 1 aliphatic carbocycles. The Hall–Kier alpha value is -3.80. The van der Waals surface area contributed by atoms with Crippen LogP contribution >= 0.6 is 0 Å². The van der Waals surface area contributed by atoms with Crippen molar-refractivity contribution in [2.75, 3.05) is 5.32 Å². The molecule has 4 nitrogen and oxygen atoms in total. The van der Waals surface area contributed by atoms with Gasteiger partial charge in [0.1, 0.15) is 23.0 Å². The quantitative estimate of drug-likeness (QED) is 0.447. The lowest BCUT2D eigenvalue weighted by Gasteiger charge is -2.10. The molecule has 0 aliphatic heterocycles. The molecule has 31 heavy (non-hydrogen) atoms. The summed E-state index contributed by atoms with van der Waals surface area (Å²) in [5.74, 6) is -2.21. The molecule has 2 N–H and O–H groups in total. The molecule has 0 unspecified atom stereocenters. The van der Waals surface area contributed by atoms with Crippen molar-refractivity contribution in [2.45, 2.75) is 19.3 Å². The number of hydrogen-bond acceptors (Lipinski definition) is 2. The molecule has 0 bridgehead atoms. The number of nitrogens with zero attached hydrogens (tertiary/aromatic N) is 1.